The fourth-order valence-electron chi connectivity index (χ4n) is 4.13. The number of nitrogens with one attached hydrogen (secondary N) is 1. The number of pyridine rings is 1. The number of aromatic nitrogens is 1. The van der Waals surface area contributed by atoms with Crippen molar-refractivity contribution >= 4 is 24.1 Å². The minimum absolute atomic E-state index is 0. The van der Waals surface area contributed by atoms with Crippen molar-refractivity contribution in [3.05, 3.63) is 65.0 Å². The van der Waals surface area contributed by atoms with Crippen LogP contribution < -0.4 is 5.32 Å². The van der Waals surface area contributed by atoms with Gasteiger partial charge in [0.25, 0.3) is 0 Å². The van der Waals surface area contributed by atoms with Gasteiger partial charge >= 0.3 is 0 Å². The first kappa shape index (κ1) is 20.5. The summed E-state index contributed by atoms with van der Waals surface area (Å²) < 4.78 is 0. The van der Waals surface area contributed by atoms with Crippen molar-refractivity contribution in [1.82, 2.24) is 15.2 Å². The lowest BCUT2D eigenvalue weighted by molar-refractivity contribution is -0.134. The number of fused-ring (bicyclic) bond motifs is 1. The van der Waals surface area contributed by atoms with E-state index in [0.717, 1.165) is 37.1 Å². The summed E-state index contributed by atoms with van der Waals surface area (Å²) in [5, 5.41) is 3.34. The van der Waals surface area contributed by atoms with E-state index in [1.165, 1.54) is 17.5 Å². The molecular weight excluding hydrogens is 374 g/mol. The van der Waals surface area contributed by atoms with Gasteiger partial charge < -0.3 is 10.2 Å². The molecule has 4 rings (SSSR count). The maximum Gasteiger partial charge on any atom is 0.223 e. The van der Waals surface area contributed by atoms with Gasteiger partial charge in [-0.3, -0.25) is 14.6 Å². The Labute approximate surface area is 171 Å². The van der Waals surface area contributed by atoms with E-state index in [1.807, 2.05) is 35.4 Å². The van der Waals surface area contributed by atoms with Gasteiger partial charge in [-0.15, -0.1) is 12.4 Å². The van der Waals surface area contributed by atoms with Crippen LogP contribution in [0.1, 0.15) is 52.4 Å². The van der Waals surface area contributed by atoms with Crippen LogP contribution in [0.3, 0.4) is 0 Å². The number of Topliss-reactive ketones (excluding diaryl/α,β-unsaturated/α-hetero) is 1. The van der Waals surface area contributed by atoms with E-state index in [-0.39, 0.29) is 43.0 Å². The van der Waals surface area contributed by atoms with Gasteiger partial charge in [-0.25, -0.2) is 0 Å². The van der Waals surface area contributed by atoms with Gasteiger partial charge in [0.2, 0.25) is 5.91 Å². The number of carbonyl (C=O) groups is 2. The molecule has 2 aromatic rings. The Morgan fingerprint density at radius 3 is 2.82 bits per heavy atom. The Morgan fingerprint density at radius 1 is 1.14 bits per heavy atom. The molecule has 1 amide bonds. The average Bonchev–Trinajstić information content (AvgIpc) is 3.20. The topological polar surface area (TPSA) is 62.3 Å². The number of halogens is 1. The van der Waals surface area contributed by atoms with Gasteiger partial charge in [-0.1, -0.05) is 18.2 Å². The van der Waals surface area contributed by atoms with Crippen molar-refractivity contribution < 1.29 is 9.59 Å². The number of rotatable bonds is 5. The molecule has 1 saturated heterocycles. The predicted molar refractivity (Wildman–Crippen MR) is 111 cm³/mol. The van der Waals surface area contributed by atoms with Gasteiger partial charge in [0.05, 0.1) is 6.04 Å². The second-order valence-electron chi connectivity index (χ2n) is 7.35. The number of aryl methyl sites for hydroxylation is 2. The predicted octanol–water partition coefficient (Wildman–Crippen LogP) is 3.13. The van der Waals surface area contributed by atoms with Gasteiger partial charge in [0.15, 0.2) is 5.78 Å². The molecule has 1 N–H and O–H groups in total. The van der Waals surface area contributed by atoms with E-state index in [2.05, 4.69) is 16.4 Å². The molecule has 1 unspecified atom stereocenters. The maximum absolute atomic E-state index is 12.8. The number of benzene rings is 1. The molecule has 148 valence electrons. The molecule has 28 heavy (non-hydrogen) atoms. The minimum Gasteiger partial charge on any atom is -0.333 e. The van der Waals surface area contributed by atoms with Crippen molar-refractivity contribution in [1.29, 1.82) is 0 Å². The Bertz CT molecular complexity index is 841. The minimum atomic E-state index is -0.0185. The molecule has 1 aliphatic heterocycles. The number of hydrogen-bond donors (Lipinski definition) is 1. The Balaban J connectivity index is 0.00000225. The zero-order valence-corrected chi connectivity index (χ0v) is 16.7. The van der Waals surface area contributed by atoms with Crippen LogP contribution in [0.15, 0.2) is 42.7 Å². The van der Waals surface area contributed by atoms with Gasteiger partial charge in [-0.05, 0) is 48.1 Å². The zero-order chi connectivity index (χ0) is 18.6. The van der Waals surface area contributed by atoms with Crippen LogP contribution in [0.5, 0.6) is 0 Å². The quantitative estimate of drug-likeness (QED) is 0.784. The van der Waals surface area contributed by atoms with Gasteiger partial charge in [0, 0.05) is 50.4 Å². The molecule has 1 aromatic heterocycles. The molecule has 0 saturated carbocycles. The van der Waals surface area contributed by atoms with E-state index in [9.17, 15) is 9.59 Å². The maximum atomic E-state index is 12.8. The van der Waals surface area contributed by atoms with Crippen LogP contribution >= 0.6 is 12.4 Å². The number of carbonyl (C=O) groups excluding carboxylic acids is 2. The summed E-state index contributed by atoms with van der Waals surface area (Å²) in [4.78, 5) is 31.5. The van der Waals surface area contributed by atoms with Crippen LogP contribution in [0.25, 0.3) is 0 Å². The fraction of sp³-hybridized carbons (Fsp3) is 0.409. The summed E-state index contributed by atoms with van der Waals surface area (Å²) in [5.41, 5.74) is 4.43. The standard InChI is InChI=1S/C22H25N3O2.ClH/c26-21(18-7-6-16-3-1-4-17(16)13-18)8-9-22(27)25-12-11-24-15-20(25)19-5-2-10-23-14-19;/h2,5-7,10,13-14,20,24H,1,3-4,8-9,11-12,15H2;1H. The summed E-state index contributed by atoms with van der Waals surface area (Å²) in [5.74, 6) is 0.103. The van der Waals surface area contributed by atoms with E-state index in [4.69, 9.17) is 0 Å². The van der Waals surface area contributed by atoms with E-state index in [1.54, 1.807) is 6.20 Å². The summed E-state index contributed by atoms with van der Waals surface area (Å²) in [6, 6.07) is 9.89. The van der Waals surface area contributed by atoms with Gasteiger partial charge in [0.1, 0.15) is 0 Å². The van der Waals surface area contributed by atoms with Crippen LogP contribution in [0, 0.1) is 0 Å². The molecule has 0 bridgehead atoms. The van der Waals surface area contributed by atoms with E-state index in [0.29, 0.717) is 6.54 Å². The Kier molecular flexibility index (Phi) is 6.81. The summed E-state index contributed by atoms with van der Waals surface area (Å²) >= 11 is 0. The first-order valence-electron chi connectivity index (χ1n) is 9.77. The van der Waals surface area contributed by atoms with Crippen LogP contribution in [-0.2, 0) is 17.6 Å². The third-order valence-corrected chi connectivity index (χ3v) is 5.62. The molecule has 1 atom stereocenters. The molecule has 1 aliphatic carbocycles. The van der Waals surface area contributed by atoms with Crippen molar-refractivity contribution in [2.45, 2.75) is 38.1 Å². The number of hydrogen-bond acceptors (Lipinski definition) is 4. The molecule has 0 radical (unpaired) electrons. The SMILES string of the molecule is Cl.O=C(CCC(=O)N1CCNCC1c1cccnc1)c1ccc2c(c1)CCC2. The van der Waals surface area contributed by atoms with Crippen molar-refractivity contribution in [3.8, 4) is 0 Å². The van der Waals surface area contributed by atoms with Crippen LogP contribution in [0.2, 0.25) is 0 Å². The van der Waals surface area contributed by atoms with Gasteiger partial charge in [-0.2, -0.15) is 0 Å². The molecule has 5 nitrogen and oxygen atoms in total. The number of nitrogens with zero attached hydrogens (tertiary/aromatic N) is 2. The van der Waals surface area contributed by atoms with E-state index < -0.39 is 0 Å². The smallest absolute Gasteiger partial charge is 0.223 e. The largest absolute Gasteiger partial charge is 0.333 e. The van der Waals surface area contributed by atoms with Crippen molar-refractivity contribution in [3.63, 3.8) is 0 Å². The first-order chi connectivity index (χ1) is 13.2. The Morgan fingerprint density at radius 2 is 2.00 bits per heavy atom. The summed E-state index contributed by atoms with van der Waals surface area (Å²) in [6.07, 6.45) is 7.41. The zero-order valence-electron chi connectivity index (χ0n) is 15.9. The van der Waals surface area contributed by atoms with Crippen LogP contribution in [0.4, 0.5) is 0 Å². The summed E-state index contributed by atoms with van der Waals surface area (Å²) in [6.45, 7) is 2.16. The first-order valence-corrected chi connectivity index (χ1v) is 9.77. The number of amides is 1. The molecule has 6 heteroatoms. The summed E-state index contributed by atoms with van der Waals surface area (Å²) in [7, 11) is 0. The highest BCUT2D eigenvalue weighted by Crippen LogP contribution is 2.25. The monoisotopic (exact) mass is 399 g/mol. The third kappa shape index (κ3) is 4.42. The lowest BCUT2D eigenvalue weighted by atomic mass is 10.00. The highest BCUT2D eigenvalue weighted by Gasteiger charge is 2.28. The molecular formula is C22H26ClN3O2. The average molecular weight is 400 g/mol. The van der Waals surface area contributed by atoms with Crippen molar-refractivity contribution in [2.24, 2.45) is 0 Å². The normalized spacial score (nSPS) is 18.3. The highest BCUT2D eigenvalue weighted by atomic mass is 35.5. The number of piperazine rings is 1. The van der Waals surface area contributed by atoms with Crippen LogP contribution in [-0.4, -0.2) is 41.2 Å². The van der Waals surface area contributed by atoms with Crippen molar-refractivity contribution in [2.75, 3.05) is 19.6 Å². The molecule has 2 heterocycles. The number of ketones is 1. The lowest BCUT2D eigenvalue weighted by Crippen LogP contribution is -2.48. The lowest BCUT2D eigenvalue weighted by Gasteiger charge is -2.36. The molecule has 1 fully saturated rings. The molecule has 1 aromatic carbocycles. The second kappa shape index (κ2) is 9.30. The second-order valence-corrected chi connectivity index (χ2v) is 7.35. The molecule has 2 aliphatic rings. The molecule has 0 spiro atoms. The Hall–Kier alpha value is -2.24. The fourth-order valence-corrected chi connectivity index (χ4v) is 4.13. The highest BCUT2D eigenvalue weighted by molar-refractivity contribution is 5.98. The van der Waals surface area contributed by atoms with E-state index >= 15 is 0 Å². The third-order valence-electron chi connectivity index (χ3n) is 5.62.